The van der Waals surface area contributed by atoms with Crippen molar-refractivity contribution in [1.82, 2.24) is 15.1 Å². The first kappa shape index (κ1) is 16.9. The van der Waals surface area contributed by atoms with E-state index in [4.69, 9.17) is 5.11 Å². The van der Waals surface area contributed by atoms with Gasteiger partial charge in [-0.1, -0.05) is 48.5 Å². The van der Waals surface area contributed by atoms with Gasteiger partial charge in [-0.3, -0.25) is 10.1 Å². The lowest BCUT2D eigenvalue weighted by Gasteiger charge is -2.11. The molecule has 0 amide bonds. The third-order valence-electron chi connectivity index (χ3n) is 3.88. The molecular formula is C19H19N3O3. The smallest absolute Gasteiger partial charge is 0.323 e. The van der Waals surface area contributed by atoms with Gasteiger partial charge < -0.3 is 10.2 Å². The van der Waals surface area contributed by atoms with Crippen molar-refractivity contribution in [2.45, 2.75) is 12.6 Å². The predicted octanol–water partition coefficient (Wildman–Crippen LogP) is 2.07. The van der Waals surface area contributed by atoms with E-state index in [1.165, 1.54) is 0 Å². The summed E-state index contributed by atoms with van der Waals surface area (Å²) in [7, 11) is 0. The average Bonchev–Trinajstić information content (AvgIpc) is 3.08. The number of carboxylic acids is 1. The number of para-hydroxylation sites is 1. The van der Waals surface area contributed by atoms with E-state index in [2.05, 4.69) is 10.4 Å². The number of nitrogens with zero attached hydrogens (tertiary/aromatic N) is 2. The molecule has 3 aromatic rings. The highest BCUT2D eigenvalue weighted by Gasteiger charge is 2.18. The molecule has 6 nitrogen and oxygen atoms in total. The van der Waals surface area contributed by atoms with Crippen LogP contribution in [0.4, 0.5) is 0 Å². The van der Waals surface area contributed by atoms with Crippen LogP contribution >= 0.6 is 0 Å². The zero-order chi connectivity index (χ0) is 17.6. The number of hydrogen-bond acceptors (Lipinski definition) is 4. The van der Waals surface area contributed by atoms with Gasteiger partial charge in [-0.15, -0.1) is 0 Å². The summed E-state index contributed by atoms with van der Waals surface area (Å²) in [6, 6.07) is 18.4. The SMILES string of the molecule is O=C(O)[C@H](CO)NCc1cn(-c2ccccc2)nc1-c1ccccc1. The van der Waals surface area contributed by atoms with Gasteiger partial charge in [0.15, 0.2) is 0 Å². The summed E-state index contributed by atoms with van der Waals surface area (Å²) in [5, 5.41) is 25.8. The number of carbonyl (C=O) groups is 1. The maximum Gasteiger partial charge on any atom is 0.323 e. The molecule has 6 heteroatoms. The van der Waals surface area contributed by atoms with Crippen LogP contribution in [0.1, 0.15) is 5.56 Å². The normalized spacial score (nSPS) is 12.0. The van der Waals surface area contributed by atoms with Crippen LogP contribution in [-0.4, -0.2) is 38.6 Å². The summed E-state index contributed by atoms with van der Waals surface area (Å²) < 4.78 is 1.77. The van der Waals surface area contributed by atoms with Crippen LogP contribution in [0.2, 0.25) is 0 Å². The molecule has 2 aromatic carbocycles. The van der Waals surface area contributed by atoms with E-state index >= 15 is 0 Å². The molecule has 0 unspecified atom stereocenters. The lowest BCUT2D eigenvalue weighted by Crippen LogP contribution is -2.39. The molecule has 0 radical (unpaired) electrons. The van der Waals surface area contributed by atoms with E-state index in [0.717, 1.165) is 22.5 Å². The van der Waals surface area contributed by atoms with Gasteiger partial charge in [0.25, 0.3) is 0 Å². The highest BCUT2D eigenvalue weighted by molar-refractivity contribution is 5.73. The van der Waals surface area contributed by atoms with Gasteiger partial charge in [-0.25, -0.2) is 4.68 Å². The number of benzene rings is 2. The summed E-state index contributed by atoms with van der Waals surface area (Å²) in [6.45, 7) is -0.183. The highest BCUT2D eigenvalue weighted by atomic mass is 16.4. The Morgan fingerprint density at radius 1 is 1.08 bits per heavy atom. The predicted molar refractivity (Wildman–Crippen MR) is 94.3 cm³/mol. The zero-order valence-corrected chi connectivity index (χ0v) is 13.5. The molecule has 0 aliphatic carbocycles. The molecule has 0 aliphatic heterocycles. The van der Waals surface area contributed by atoms with Gasteiger partial charge in [0, 0.05) is 23.9 Å². The Hall–Kier alpha value is -2.96. The van der Waals surface area contributed by atoms with Crippen molar-refractivity contribution >= 4 is 5.97 Å². The highest BCUT2D eigenvalue weighted by Crippen LogP contribution is 2.23. The minimum Gasteiger partial charge on any atom is -0.480 e. The molecule has 25 heavy (non-hydrogen) atoms. The quantitative estimate of drug-likeness (QED) is 0.614. The van der Waals surface area contributed by atoms with E-state index in [0.29, 0.717) is 0 Å². The topological polar surface area (TPSA) is 87.4 Å². The largest absolute Gasteiger partial charge is 0.480 e. The van der Waals surface area contributed by atoms with Crippen molar-refractivity contribution in [1.29, 1.82) is 0 Å². The van der Waals surface area contributed by atoms with E-state index < -0.39 is 18.6 Å². The molecule has 3 N–H and O–H groups in total. The summed E-state index contributed by atoms with van der Waals surface area (Å²) in [5.41, 5.74) is 3.50. The van der Waals surface area contributed by atoms with E-state index in [1.54, 1.807) is 4.68 Å². The maximum atomic E-state index is 11.1. The second kappa shape index (κ2) is 7.74. The Balaban J connectivity index is 1.94. The fourth-order valence-electron chi connectivity index (χ4n) is 2.55. The summed E-state index contributed by atoms with van der Waals surface area (Å²) in [5.74, 6) is -1.08. The van der Waals surface area contributed by atoms with Gasteiger partial charge in [0.05, 0.1) is 18.0 Å². The molecule has 1 heterocycles. The minimum atomic E-state index is -1.08. The second-order valence-corrected chi connectivity index (χ2v) is 5.60. The summed E-state index contributed by atoms with van der Waals surface area (Å²) in [4.78, 5) is 11.1. The Morgan fingerprint density at radius 2 is 1.72 bits per heavy atom. The van der Waals surface area contributed by atoms with E-state index in [9.17, 15) is 9.90 Å². The Kier molecular flexibility index (Phi) is 5.23. The van der Waals surface area contributed by atoms with E-state index in [1.807, 2.05) is 66.9 Å². The van der Waals surface area contributed by atoms with Gasteiger partial charge in [0.1, 0.15) is 6.04 Å². The van der Waals surface area contributed by atoms with Crippen LogP contribution < -0.4 is 5.32 Å². The van der Waals surface area contributed by atoms with Crippen molar-refractivity contribution < 1.29 is 15.0 Å². The molecule has 3 rings (SSSR count). The number of hydrogen-bond donors (Lipinski definition) is 3. The Bertz CT molecular complexity index is 832. The third kappa shape index (κ3) is 3.93. The fraction of sp³-hybridized carbons (Fsp3) is 0.158. The van der Waals surface area contributed by atoms with Crippen LogP contribution in [0.3, 0.4) is 0 Å². The standard InChI is InChI=1S/C19H19N3O3/c23-13-17(19(24)25)20-11-15-12-22(16-9-5-2-6-10-16)21-18(15)14-7-3-1-4-8-14/h1-10,12,17,20,23H,11,13H2,(H,24,25)/t17-/m0/s1. The lowest BCUT2D eigenvalue weighted by molar-refractivity contribution is -0.140. The van der Waals surface area contributed by atoms with Crippen molar-refractivity contribution in [3.8, 4) is 16.9 Å². The summed E-state index contributed by atoms with van der Waals surface area (Å²) >= 11 is 0. The minimum absolute atomic E-state index is 0.286. The van der Waals surface area contributed by atoms with Gasteiger partial charge in [0.2, 0.25) is 0 Å². The maximum absolute atomic E-state index is 11.1. The molecule has 1 atom stereocenters. The number of aliphatic hydroxyl groups is 1. The van der Waals surface area contributed by atoms with Crippen molar-refractivity contribution in [2.75, 3.05) is 6.61 Å². The second-order valence-electron chi connectivity index (χ2n) is 5.60. The lowest BCUT2D eigenvalue weighted by atomic mass is 10.1. The molecule has 1 aromatic heterocycles. The first-order chi connectivity index (χ1) is 12.2. The zero-order valence-electron chi connectivity index (χ0n) is 13.5. The molecule has 128 valence electrons. The van der Waals surface area contributed by atoms with Crippen LogP contribution in [0, 0.1) is 0 Å². The number of aliphatic carboxylic acids is 1. The molecule has 0 saturated carbocycles. The van der Waals surface area contributed by atoms with Crippen LogP contribution in [-0.2, 0) is 11.3 Å². The number of nitrogens with one attached hydrogen (secondary N) is 1. The van der Waals surface area contributed by atoms with Crippen LogP contribution in [0.25, 0.3) is 16.9 Å². The van der Waals surface area contributed by atoms with Gasteiger partial charge >= 0.3 is 5.97 Å². The average molecular weight is 337 g/mol. The monoisotopic (exact) mass is 337 g/mol. The number of carboxylic acid groups (broad SMARTS) is 1. The fourth-order valence-corrected chi connectivity index (χ4v) is 2.55. The molecule has 0 bridgehead atoms. The third-order valence-corrected chi connectivity index (χ3v) is 3.88. The number of rotatable bonds is 7. The van der Waals surface area contributed by atoms with Crippen LogP contribution in [0.15, 0.2) is 66.9 Å². The van der Waals surface area contributed by atoms with Crippen molar-refractivity contribution in [3.63, 3.8) is 0 Å². The van der Waals surface area contributed by atoms with Crippen molar-refractivity contribution in [2.24, 2.45) is 0 Å². The molecular weight excluding hydrogens is 318 g/mol. The molecule has 0 fully saturated rings. The Labute approximate surface area is 145 Å². The first-order valence-electron chi connectivity index (χ1n) is 7.95. The van der Waals surface area contributed by atoms with Crippen LogP contribution in [0.5, 0.6) is 0 Å². The van der Waals surface area contributed by atoms with E-state index in [-0.39, 0.29) is 6.54 Å². The summed E-state index contributed by atoms with van der Waals surface area (Å²) in [6.07, 6.45) is 1.88. The first-order valence-corrected chi connectivity index (χ1v) is 7.95. The Morgan fingerprint density at radius 3 is 2.32 bits per heavy atom. The molecule has 0 aliphatic rings. The van der Waals surface area contributed by atoms with Crippen molar-refractivity contribution in [3.05, 3.63) is 72.4 Å². The van der Waals surface area contributed by atoms with Gasteiger partial charge in [-0.05, 0) is 12.1 Å². The molecule has 0 saturated heterocycles. The molecule has 0 spiro atoms. The van der Waals surface area contributed by atoms with Gasteiger partial charge in [-0.2, -0.15) is 5.10 Å². The number of aliphatic hydroxyl groups excluding tert-OH is 1. The number of aromatic nitrogens is 2.